The number of nitrogen functional groups attached to an aromatic ring is 1. The van der Waals surface area contributed by atoms with Crippen molar-refractivity contribution in [2.24, 2.45) is 0 Å². The molecule has 2 rings (SSSR count). The van der Waals surface area contributed by atoms with Gasteiger partial charge in [-0.25, -0.2) is 4.39 Å². The maximum atomic E-state index is 13.5. The van der Waals surface area contributed by atoms with Crippen LogP contribution in [0.4, 0.5) is 21.5 Å². The fourth-order valence-corrected chi connectivity index (χ4v) is 2.15. The molecular formula is C14H14BrFN2. The van der Waals surface area contributed by atoms with Gasteiger partial charge >= 0.3 is 0 Å². The highest BCUT2D eigenvalue weighted by atomic mass is 79.9. The van der Waals surface area contributed by atoms with E-state index in [4.69, 9.17) is 5.73 Å². The Morgan fingerprint density at radius 2 is 1.83 bits per heavy atom. The molecule has 0 spiro atoms. The first-order valence-corrected chi connectivity index (χ1v) is 6.35. The molecule has 3 N–H and O–H groups in total. The second kappa shape index (κ2) is 4.98. The Bertz CT molecular complexity index is 597. The van der Waals surface area contributed by atoms with Gasteiger partial charge in [-0.05, 0) is 71.2 Å². The summed E-state index contributed by atoms with van der Waals surface area (Å²) in [5.74, 6) is -0.282. The van der Waals surface area contributed by atoms with E-state index in [0.29, 0.717) is 4.47 Å². The van der Waals surface area contributed by atoms with Crippen molar-refractivity contribution < 1.29 is 4.39 Å². The standard InChI is InChI=1S/C14H14BrFN2/c1-8-5-10(3-4-13(8)17)18-14-7-12(16)11(15)6-9(14)2/h3-7,18H,17H2,1-2H3. The molecule has 0 bridgehead atoms. The highest BCUT2D eigenvalue weighted by Crippen LogP contribution is 2.27. The lowest BCUT2D eigenvalue weighted by Gasteiger charge is -2.12. The van der Waals surface area contributed by atoms with Crippen LogP contribution in [-0.4, -0.2) is 0 Å². The lowest BCUT2D eigenvalue weighted by atomic mass is 10.1. The molecule has 0 fully saturated rings. The molecule has 0 saturated carbocycles. The topological polar surface area (TPSA) is 38.0 Å². The number of nitrogens with two attached hydrogens (primary N) is 1. The average molecular weight is 309 g/mol. The number of hydrogen-bond acceptors (Lipinski definition) is 2. The zero-order valence-electron chi connectivity index (χ0n) is 10.2. The van der Waals surface area contributed by atoms with Crippen LogP contribution >= 0.6 is 15.9 Å². The van der Waals surface area contributed by atoms with Crippen LogP contribution in [0.25, 0.3) is 0 Å². The molecule has 18 heavy (non-hydrogen) atoms. The molecule has 0 radical (unpaired) electrons. The van der Waals surface area contributed by atoms with Crippen LogP contribution in [0.3, 0.4) is 0 Å². The van der Waals surface area contributed by atoms with Gasteiger partial charge in [-0.15, -0.1) is 0 Å². The van der Waals surface area contributed by atoms with E-state index in [1.165, 1.54) is 6.07 Å². The van der Waals surface area contributed by atoms with Crippen LogP contribution in [0, 0.1) is 19.7 Å². The summed E-state index contributed by atoms with van der Waals surface area (Å²) < 4.78 is 14.0. The Morgan fingerprint density at radius 3 is 2.50 bits per heavy atom. The first-order chi connectivity index (χ1) is 8.47. The molecule has 0 aliphatic rings. The molecule has 0 aliphatic heterocycles. The Kier molecular flexibility index (Phi) is 3.57. The molecule has 0 heterocycles. The second-order valence-corrected chi connectivity index (χ2v) is 5.13. The van der Waals surface area contributed by atoms with E-state index in [1.807, 2.05) is 32.0 Å². The van der Waals surface area contributed by atoms with Crippen molar-refractivity contribution in [1.29, 1.82) is 0 Å². The van der Waals surface area contributed by atoms with E-state index in [9.17, 15) is 4.39 Å². The molecule has 4 heteroatoms. The highest BCUT2D eigenvalue weighted by molar-refractivity contribution is 9.10. The van der Waals surface area contributed by atoms with E-state index >= 15 is 0 Å². The lowest BCUT2D eigenvalue weighted by molar-refractivity contribution is 0.621. The van der Waals surface area contributed by atoms with Crippen molar-refractivity contribution >= 4 is 33.0 Å². The summed E-state index contributed by atoms with van der Waals surface area (Å²) in [4.78, 5) is 0. The van der Waals surface area contributed by atoms with E-state index < -0.39 is 0 Å². The largest absolute Gasteiger partial charge is 0.399 e. The summed E-state index contributed by atoms with van der Waals surface area (Å²) in [6.45, 7) is 3.87. The van der Waals surface area contributed by atoms with Gasteiger partial charge in [0.05, 0.1) is 4.47 Å². The van der Waals surface area contributed by atoms with Gasteiger partial charge in [-0.1, -0.05) is 0 Å². The minimum atomic E-state index is -0.282. The molecule has 2 nitrogen and oxygen atoms in total. The fraction of sp³-hybridized carbons (Fsp3) is 0.143. The van der Waals surface area contributed by atoms with Crippen LogP contribution < -0.4 is 11.1 Å². The van der Waals surface area contributed by atoms with Gasteiger partial charge in [0.1, 0.15) is 5.82 Å². The third-order valence-electron chi connectivity index (χ3n) is 2.82. The van der Waals surface area contributed by atoms with Gasteiger partial charge in [0.15, 0.2) is 0 Å². The van der Waals surface area contributed by atoms with E-state index in [1.54, 1.807) is 6.07 Å². The number of nitrogens with one attached hydrogen (secondary N) is 1. The molecule has 0 atom stereocenters. The zero-order valence-corrected chi connectivity index (χ0v) is 11.8. The molecule has 2 aromatic rings. The number of hydrogen-bond donors (Lipinski definition) is 2. The summed E-state index contributed by atoms with van der Waals surface area (Å²) in [6, 6.07) is 8.88. The Morgan fingerprint density at radius 1 is 1.11 bits per heavy atom. The normalized spacial score (nSPS) is 10.4. The van der Waals surface area contributed by atoms with E-state index in [0.717, 1.165) is 28.2 Å². The fourth-order valence-electron chi connectivity index (χ4n) is 1.69. The van der Waals surface area contributed by atoms with Crippen LogP contribution in [0.1, 0.15) is 11.1 Å². The summed E-state index contributed by atoms with van der Waals surface area (Å²) in [6.07, 6.45) is 0. The van der Waals surface area contributed by atoms with E-state index in [-0.39, 0.29) is 5.82 Å². The van der Waals surface area contributed by atoms with E-state index in [2.05, 4.69) is 21.2 Å². The van der Waals surface area contributed by atoms with Gasteiger partial charge < -0.3 is 11.1 Å². The maximum Gasteiger partial charge on any atom is 0.139 e. The van der Waals surface area contributed by atoms with Gasteiger partial charge in [-0.3, -0.25) is 0 Å². The zero-order chi connectivity index (χ0) is 13.3. The first kappa shape index (κ1) is 12.9. The van der Waals surface area contributed by atoms with Crippen molar-refractivity contribution in [2.75, 3.05) is 11.1 Å². The van der Waals surface area contributed by atoms with Crippen LogP contribution in [0.15, 0.2) is 34.8 Å². The molecule has 0 aromatic heterocycles. The monoisotopic (exact) mass is 308 g/mol. The first-order valence-electron chi connectivity index (χ1n) is 5.56. The minimum Gasteiger partial charge on any atom is -0.399 e. The highest BCUT2D eigenvalue weighted by Gasteiger charge is 2.06. The third-order valence-corrected chi connectivity index (χ3v) is 3.42. The summed E-state index contributed by atoms with van der Waals surface area (Å²) in [5, 5.41) is 3.19. The molecule has 0 amide bonds. The quantitative estimate of drug-likeness (QED) is 0.800. The SMILES string of the molecule is Cc1cc(Nc2cc(F)c(Br)cc2C)ccc1N. The minimum absolute atomic E-state index is 0.282. The molecule has 2 aromatic carbocycles. The predicted molar refractivity (Wildman–Crippen MR) is 77.7 cm³/mol. The smallest absolute Gasteiger partial charge is 0.139 e. The third kappa shape index (κ3) is 2.64. The number of rotatable bonds is 2. The van der Waals surface area contributed by atoms with Crippen molar-refractivity contribution in [1.82, 2.24) is 0 Å². The van der Waals surface area contributed by atoms with Gasteiger partial charge in [0, 0.05) is 17.1 Å². The molecule has 0 unspecified atom stereocenters. The molecule has 94 valence electrons. The van der Waals surface area contributed by atoms with Gasteiger partial charge in [0.25, 0.3) is 0 Å². The second-order valence-electron chi connectivity index (χ2n) is 4.28. The Labute approximate surface area is 114 Å². The van der Waals surface area contributed by atoms with Crippen LogP contribution in [0.5, 0.6) is 0 Å². The summed E-state index contributed by atoms with van der Waals surface area (Å²) in [7, 11) is 0. The van der Waals surface area contributed by atoms with Crippen molar-refractivity contribution in [3.8, 4) is 0 Å². The Balaban J connectivity index is 2.34. The molecule has 0 aliphatic carbocycles. The Hall–Kier alpha value is -1.55. The van der Waals surface area contributed by atoms with Crippen molar-refractivity contribution in [2.45, 2.75) is 13.8 Å². The molecular weight excluding hydrogens is 295 g/mol. The maximum absolute atomic E-state index is 13.5. The van der Waals surface area contributed by atoms with Crippen molar-refractivity contribution in [3.05, 3.63) is 51.7 Å². The van der Waals surface area contributed by atoms with Gasteiger partial charge in [-0.2, -0.15) is 0 Å². The number of halogens is 2. The molecule has 0 saturated heterocycles. The average Bonchev–Trinajstić information content (AvgIpc) is 2.31. The predicted octanol–water partition coefficient (Wildman–Crippen LogP) is 4.53. The lowest BCUT2D eigenvalue weighted by Crippen LogP contribution is -1.96. The summed E-state index contributed by atoms with van der Waals surface area (Å²) in [5.41, 5.74) is 10.1. The number of anilines is 3. The van der Waals surface area contributed by atoms with Crippen molar-refractivity contribution in [3.63, 3.8) is 0 Å². The summed E-state index contributed by atoms with van der Waals surface area (Å²) >= 11 is 3.17. The number of benzene rings is 2. The van der Waals surface area contributed by atoms with Crippen LogP contribution in [-0.2, 0) is 0 Å². The van der Waals surface area contributed by atoms with Crippen LogP contribution in [0.2, 0.25) is 0 Å². The van der Waals surface area contributed by atoms with Gasteiger partial charge in [0.2, 0.25) is 0 Å². The number of aryl methyl sites for hydroxylation is 2.